The summed E-state index contributed by atoms with van der Waals surface area (Å²) in [5, 5.41) is 11.2. The molecular formula is C14H24N4O. The van der Waals surface area contributed by atoms with Gasteiger partial charge in [-0.15, -0.1) is 5.10 Å². The SMILES string of the molecule is Cc1cnnc(NCCCOC2CCC(N)CC2)c1. The molecule has 2 rings (SSSR count). The summed E-state index contributed by atoms with van der Waals surface area (Å²) in [5.74, 6) is 0.837. The smallest absolute Gasteiger partial charge is 0.148 e. The van der Waals surface area contributed by atoms with Crippen LogP contribution in [0.2, 0.25) is 0 Å². The number of nitrogens with two attached hydrogens (primary N) is 1. The Labute approximate surface area is 114 Å². The van der Waals surface area contributed by atoms with E-state index in [2.05, 4.69) is 15.5 Å². The van der Waals surface area contributed by atoms with Crippen LogP contribution in [0.3, 0.4) is 0 Å². The molecule has 0 atom stereocenters. The van der Waals surface area contributed by atoms with Gasteiger partial charge in [-0.1, -0.05) is 0 Å². The molecule has 0 spiro atoms. The van der Waals surface area contributed by atoms with E-state index >= 15 is 0 Å². The van der Waals surface area contributed by atoms with Gasteiger partial charge in [0.15, 0.2) is 0 Å². The van der Waals surface area contributed by atoms with Crippen molar-refractivity contribution < 1.29 is 4.74 Å². The fraction of sp³-hybridized carbons (Fsp3) is 0.714. The van der Waals surface area contributed by atoms with Gasteiger partial charge in [0.1, 0.15) is 5.82 Å². The lowest BCUT2D eigenvalue weighted by Gasteiger charge is -2.26. The van der Waals surface area contributed by atoms with Gasteiger partial charge in [-0.05, 0) is 50.7 Å². The quantitative estimate of drug-likeness (QED) is 0.767. The molecule has 0 bridgehead atoms. The Kier molecular flexibility index (Phi) is 5.54. The summed E-state index contributed by atoms with van der Waals surface area (Å²) in [7, 11) is 0. The van der Waals surface area contributed by atoms with Gasteiger partial charge < -0.3 is 15.8 Å². The molecule has 1 saturated carbocycles. The van der Waals surface area contributed by atoms with Crippen molar-refractivity contribution in [2.45, 2.75) is 51.2 Å². The van der Waals surface area contributed by atoms with Crippen molar-refractivity contribution in [1.82, 2.24) is 10.2 Å². The van der Waals surface area contributed by atoms with Crippen LogP contribution in [0.1, 0.15) is 37.7 Å². The standard InChI is InChI=1S/C14H24N4O/c1-11-9-14(18-17-10-11)16-7-2-8-19-13-5-3-12(15)4-6-13/h9-10,12-13H,2-8,15H2,1H3,(H,16,18). The van der Waals surface area contributed by atoms with Crippen molar-refractivity contribution in [3.63, 3.8) is 0 Å². The third kappa shape index (κ3) is 5.12. The van der Waals surface area contributed by atoms with Crippen LogP contribution in [0.5, 0.6) is 0 Å². The second-order valence-electron chi connectivity index (χ2n) is 5.31. The van der Waals surface area contributed by atoms with E-state index in [9.17, 15) is 0 Å². The molecule has 1 heterocycles. The summed E-state index contributed by atoms with van der Waals surface area (Å²) in [6.45, 7) is 3.67. The monoisotopic (exact) mass is 264 g/mol. The van der Waals surface area contributed by atoms with Crippen LogP contribution >= 0.6 is 0 Å². The molecule has 0 saturated heterocycles. The van der Waals surface area contributed by atoms with Crippen molar-refractivity contribution >= 4 is 5.82 Å². The zero-order valence-electron chi connectivity index (χ0n) is 11.6. The molecule has 3 N–H and O–H groups in total. The second-order valence-corrected chi connectivity index (χ2v) is 5.31. The first-order chi connectivity index (χ1) is 9.24. The van der Waals surface area contributed by atoms with E-state index in [0.717, 1.165) is 56.6 Å². The van der Waals surface area contributed by atoms with Crippen molar-refractivity contribution in [1.29, 1.82) is 0 Å². The molecule has 1 aliphatic carbocycles. The van der Waals surface area contributed by atoms with E-state index in [1.165, 1.54) is 0 Å². The first-order valence-corrected chi connectivity index (χ1v) is 7.14. The fourth-order valence-electron chi connectivity index (χ4n) is 2.34. The Hall–Kier alpha value is -1.20. The topological polar surface area (TPSA) is 73.1 Å². The average Bonchev–Trinajstić information content (AvgIpc) is 2.41. The molecular weight excluding hydrogens is 240 g/mol. The van der Waals surface area contributed by atoms with Gasteiger partial charge >= 0.3 is 0 Å². The van der Waals surface area contributed by atoms with Crippen LogP contribution in [0.25, 0.3) is 0 Å². The van der Waals surface area contributed by atoms with Gasteiger partial charge in [0.2, 0.25) is 0 Å². The number of nitrogens with one attached hydrogen (secondary N) is 1. The number of nitrogens with zero attached hydrogens (tertiary/aromatic N) is 2. The third-order valence-corrected chi connectivity index (χ3v) is 3.49. The number of hydrogen-bond acceptors (Lipinski definition) is 5. The number of rotatable bonds is 6. The van der Waals surface area contributed by atoms with Gasteiger partial charge in [0.05, 0.1) is 12.3 Å². The van der Waals surface area contributed by atoms with Crippen LogP contribution in [0, 0.1) is 6.92 Å². The van der Waals surface area contributed by atoms with E-state index in [1.807, 2.05) is 13.0 Å². The summed E-state index contributed by atoms with van der Waals surface area (Å²) in [5.41, 5.74) is 6.99. The van der Waals surface area contributed by atoms with Crippen LogP contribution in [0.4, 0.5) is 5.82 Å². The molecule has 19 heavy (non-hydrogen) atoms. The highest BCUT2D eigenvalue weighted by Crippen LogP contribution is 2.19. The van der Waals surface area contributed by atoms with E-state index in [1.54, 1.807) is 6.20 Å². The lowest BCUT2D eigenvalue weighted by atomic mass is 9.94. The van der Waals surface area contributed by atoms with Gasteiger partial charge in [-0.25, -0.2) is 0 Å². The number of anilines is 1. The highest BCUT2D eigenvalue weighted by atomic mass is 16.5. The molecule has 1 aliphatic rings. The number of aryl methyl sites for hydroxylation is 1. The van der Waals surface area contributed by atoms with Crippen molar-refractivity contribution in [3.05, 3.63) is 17.8 Å². The summed E-state index contributed by atoms with van der Waals surface area (Å²) in [4.78, 5) is 0. The number of ether oxygens (including phenoxy) is 1. The molecule has 0 amide bonds. The Morgan fingerprint density at radius 1 is 1.37 bits per heavy atom. The molecule has 1 fully saturated rings. The Balaban J connectivity index is 1.55. The van der Waals surface area contributed by atoms with Crippen LogP contribution in [-0.2, 0) is 4.74 Å². The molecule has 0 unspecified atom stereocenters. The summed E-state index contributed by atoms with van der Waals surface area (Å²) in [6.07, 6.45) is 7.57. The maximum atomic E-state index is 5.87. The highest BCUT2D eigenvalue weighted by Gasteiger charge is 2.18. The summed E-state index contributed by atoms with van der Waals surface area (Å²) < 4.78 is 5.86. The Morgan fingerprint density at radius 3 is 2.89 bits per heavy atom. The Bertz CT molecular complexity index is 377. The minimum Gasteiger partial charge on any atom is -0.378 e. The zero-order chi connectivity index (χ0) is 13.5. The van der Waals surface area contributed by atoms with E-state index < -0.39 is 0 Å². The average molecular weight is 264 g/mol. The van der Waals surface area contributed by atoms with E-state index in [4.69, 9.17) is 10.5 Å². The highest BCUT2D eigenvalue weighted by molar-refractivity contribution is 5.34. The molecule has 1 aromatic rings. The number of aromatic nitrogens is 2. The van der Waals surface area contributed by atoms with Gasteiger partial charge in [0, 0.05) is 19.2 Å². The lowest BCUT2D eigenvalue weighted by Crippen LogP contribution is -2.30. The predicted octanol–water partition coefficient (Wildman–Crippen LogP) is 1.87. The molecule has 5 heteroatoms. The predicted molar refractivity (Wildman–Crippen MR) is 76.1 cm³/mol. The summed E-state index contributed by atoms with van der Waals surface area (Å²) in [6, 6.07) is 2.39. The minimum atomic E-state index is 0.390. The van der Waals surface area contributed by atoms with Crippen LogP contribution in [0.15, 0.2) is 12.3 Å². The molecule has 106 valence electrons. The van der Waals surface area contributed by atoms with Crippen molar-refractivity contribution in [2.75, 3.05) is 18.5 Å². The van der Waals surface area contributed by atoms with Gasteiger partial charge in [0.25, 0.3) is 0 Å². The molecule has 0 aromatic carbocycles. The normalized spacial score (nSPS) is 23.3. The minimum absolute atomic E-state index is 0.390. The van der Waals surface area contributed by atoms with Crippen LogP contribution in [-0.4, -0.2) is 35.5 Å². The molecule has 1 aromatic heterocycles. The zero-order valence-corrected chi connectivity index (χ0v) is 11.6. The Morgan fingerprint density at radius 2 is 2.16 bits per heavy atom. The largest absolute Gasteiger partial charge is 0.378 e. The third-order valence-electron chi connectivity index (χ3n) is 3.49. The first kappa shape index (κ1) is 14.2. The van der Waals surface area contributed by atoms with E-state index in [-0.39, 0.29) is 0 Å². The van der Waals surface area contributed by atoms with Gasteiger partial charge in [-0.2, -0.15) is 5.10 Å². The van der Waals surface area contributed by atoms with Crippen LogP contribution < -0.4 is 11.1 Å². The lowest BCUT2D eigenvalue weighted by molar-refractivity contribution is 0.0251. The molecule has 5 nitrogen and oxygen atoms in total. The maximum Gasteiger partial charge on any atom is 0.148 e. The molecule has 0 aliphatic heterocycles. The number of hydrogen-bond donors (Lipinski definition) is 2. The summed E-state index contributed by atoms with van der Waals surface area (Å²) >= 11 is 0. The maximum absolute atomic E-state index is 5.87. The van der Waals surface area contributed by atoms with Crippen molar-refractivity contribution in [3.8, 4) is 0 Å². The second kappa shape index (κ2) is 7.40. The molecule has 0 radical (unpaired) electrons. The van der Waals surface area contributed by atoms with E-state index in [0.29, 0.717) is 12.1 Å². The van der Waals surface area contributed by atoms with Crippen molar-refractivity contribution in [2.24, 2.45) is 5.73 Å². The fourth-order valence-corrected chi connectivity index (χ4v) is 2.34. The first-order valence-electron chi connectivity index (χ1n) is 7.14. The van der Waals surface area contributed by atoms with Gasteiger partial charge in [-0.3, -0.25) is 0 Å².